The smallest absolute Gasteiger partial charge is 0.336 e. The van der Waals surface area contributed by atoms with Gasteiger partial charge < -0.3 is 5.11 Å². The molecule has 0 saturated heterocycles. The number of aryl methyl sites for hydroxylation is 1. The molecule has 2 aromatic heterocycles. The number of carboxylic acids is 1. The summed E-state index contributed by atoms with van der Waals surface area (Å²) >= 11 is 0. The number of hydrogen-bond donors (Lipinski definition) is 1. The molecule has 1 N–H and O–H groups in total. The van der Waals surface area contributed by atoms with E-state index in [-0.39, 0.29) is 5.56 Å². The lowest BCUT2D eigenvalue weighted by molar-refractivity contribution is 0.0699. The van der Waals surface area contributed by atoms with E-state index in [1.165, 1.54) is 17.8 Å². The number of carboxylic acid groups (broad SMARTS) is 1. The van der Waals surface area contributed by atoms with Crippen molar-refractivity contribution in [2.45, 2.75) is 19.8 Å². The molecule has 4 heteroatoms. The van der Waals surface area contributed by atoms with Crippen molar-refractivity contribution in [3.63, 3.8) is 0 Å². The lowest BCUT2D eigenvalue weighted by atomic mass is 10.0. The van der Waals surface area contributed by atoms with E-state index in [2.05, 4.69) is 16.9 Å². The number of rotatable bonds is 3. The number of aromatic nitrogens is 2. The highest BCUT2D eigenvalue weighted by Gasteiger charge is 2.12. The molecule has 0 bridgehead atoms. The predicted octanol–water partition coefficient (Wildman–Crippen LogP) is 3.43. The molecule has 0 aliphatic rings. The van der Waals surface area contributed by atoms with Gasteiger partial charge in [-0.15, -0.1) is 0 Å². The van der Waals surface area contributed by atoms with Gasteiger partial charge in [-0.05, 0) is 24.1 Å². The number of fused-ring (bicyclic) bond motifs is 3. The molecular weight excluding hydrogens is 252 g/mol. The Hall–Kier alpha value is -2.49. The van der Waals surface area contributed by atoms with E-state index in [9.17, 15) is 9.90 Å². The van der Waals surface area contributed by atoms with Crippen LogP contribution in [-0.2, 0) is 6.42 Å². The lowest BCUT2D eigenvalue weighted by Crippen LogP contribution is -1.99. The Bertz CT molecular complexity index is 812. The molecule has 100 valence electrons. The van der Waals surface area contributed by atoms with Crippen LogP contribution in [-0.4, -0.2) is 21.0 Å². The Morgan fingerprint density at radius 2 is 1.70 bits per heavy atom. The molecule has 0 saturated carbocycles. The molecule has 3 rings (SSSR count). The number of nitrogens with zero attached hydrogens (tertiary/aromatic N) is 2. The number of carbonyl (C=O) groups is 1. The van der Waals surface area contributed by atoms with Gasteiger partial charge in [-0.2, -0.15) is 0 Å². The minimum Gasteiger partial charge on any atom is -0.478 e. The second kappa shape index (κ2) is 4.89. The first-order chi connectivity index (χ1) is 9.72. The molecule has 0 aliphatic heterocycles. The van der Waals surface area contributed by atoms with Crippen molar-refractivity contribution in [2.75, 3.05) is 0 Å². The summed E-state index contributed by atoms with van der Waals surface area (Å²) in [6, 6.07) is 7.31. The van der Waals surface area contributed by atoms with Crippen molar-refractivity contribution in [3.05, 3.63) is 47.8 Å². The number of aromatic carboxylic acids is 1. The summed E-state index contributed by atoms with van der Waals surface area (Å²) in [5.41, 5.74) is 2.92. The van der Waals surface area contributed by atoms with Crippen LogP contribution in [0.15, 0.2) is 36.7 Å². The van der Waals surface area contributed by atoms with E-state index < -0.39 is 5.97 Å². The van der Waals surface area contributed by atoms with E-state index >= 15 is 0 Å². The van der Waals surface area contributed by atoms with Gasteiger partial charge in [-0.1, -0.05) is 25.5 Å². The van der Waals surface area contributed by atoms with Crippen molar-refractivity contribution in [1.82, 2.24) is 9.97 Å². The number of hydrogen-bond acceptors (Lipinski definition) is 3. The van der Waals surface area contributed by atoms with Gasteiger partial charge in [0.25, 0.3) is 0 Å². The number of pyridine rings is 2. The highest BCUT2D eigenvalue weighted by molar-refractivity contribution is 6.11. The van der Waals surface area contributed by atoms with Crippen LogP contribution in [0.3, 0.4) is 0 Å². The highest BCUT2D eigenvalue weighted by Crippen LogP contribution is 2.27. The third-order valence-corrected chi connectivity index (χ3v) is 3.46. The average molecular weight is 266 g/mol. The van der Waals surface area contributed by atoms with Gasteiger partial charge in [-0.25, -0.2) is 4.79 Å². The normalized spacial score (nSPS) is 11.1. The molecule has 0 spiro atoms. The Morgan fingerprint density at radius 1 is 1.05 bits per heavy atom. The zero-order chi connectivity index (χ0) is 14.1. The van der Waals surface area contributed by atoms with Crippen LogP contribution in [0.5, 0.6) is 0 Å². The first-order valence-corrected chi connectivity index (χ1v) is 6.61. The molecule has 0 fully saturated rings. The molecule has 0 aliphatic carbocycles. The SMILES string of the molecule is CCCc1ccnc2c1ccc1c(C(=O)O)ccnc12. The molecule has 3 aromatic rings. The van der Waals surface area contributed by atoms with Gasteiger partial charge in [-0.3, -0.25) is 9.97 Å². The van der Waals surface area contributed by atoms with Crippen LogP contribution < -0.4 is 0 Å². The monoisotopic (exact) mass is 266 g/mol. The average Bonchev–Trinajstić information content (AvgIpc) is 2.47. The van der Waals surface area contributed by atoms with Gasteiger partial charge in [0.05, 0.1) is 16.6 Å². The molecule has 0 atom stereocenters. The maximum absolute atomic E-state index is 11.3. The van der Waals surface area contributed by atoms with E-state index in [1.54, 1.807) is 6.20 Å². The molecule has 1 aromatic carbocycles. The molecule has 2 heterocycles. The van der Waals surface area contributed by atoms with Gasteiger partial charge in [0, 0.05) is 23.2 Å². The Balaban J connectivity index is 2.40. The molecule has 0 unspecified atom stereocenters. The van der Waals surface area contributed by atoms with Gasteiger partial charge in [0.2, 0.25) is 0 Å². The summed E-state index contributed by atoms with van der Waals surface area (Å²) in [6.07, 6.45) is 5.32. The van der Waals surface area contributed by atoms with Gasteiger partial charge in [0.15, 0.2) is 0 Å². The zero-order valence-corrected chi connectivity index (χ0v) is 11.1. The quantitative estimate of drug-likeness (QED) is 0.738. The van der Waals surface area contributed by atoms with Crippen molar-refractivity contribution < 1.29 is 9.90 Å². The fourth-order valence-corrected chi connectivity index (χ4v) is 2.56. The van der Waals surface area contributed by atoms with Crippen LogP contribution in [0.1, 0.15) is 29.3 Å². The zero-order valence-electron chi connectivity index (χ0n) is 11.1. The van der Waals surface area contributed by atoms with Crippen molar-refractivity contribution >= 4 is 27.8 Å². The fraction of sp³-hybridized carbons (Fsp3) is 0.188. The minimum absolute atomic E-state index is 0.264. The second-order valence-corrected chi connectivity index (χ2v) is 4.74. The van der Waals surface area contributed by atoms with E-state index in [0.717, 1.165) is 23.7 Å². The van der Waals surface area contributed by atoms with E-state index in [0.29, 0.717) is 10.9 Å². The van der Waals surface area contributed by atoms with Crippen LogP contribution in [0.2, 0.25) is 0 Å². The van der Waals surface area contributed by atoms with E-state index in [1.807, 2.05) is 18.2 Å². The topological polar surface area (TPSA) is 63.1 Å². The van der Waals surface area contributed by atoms with Crippen molar-refractivity contribution in [3.8, 4) is 0 Å². The molecule has 0 radical (unpaired) electrons. The summed E-state index contributed by atoms with van der Waals surface area (Å²) < 4.78 is 0. The third kappa shape index (κ3) is 1.90. The summed E-state index contributed by atoms with van der Waals surface area (Å²) in [5.74, 6) is -0.943. The summed E-state index contributed by atoms with van der Waals surface area (Å²) in [6.45, 7) is 2.13. The largest absolute Gasteiger partial charge is 0.478 e. The second-order valence-electron chi connectivity index (χ2n) is 4.74. The first-order valence-electron chi connectivity index (χ1n) is 6.61. The van der Waals surface area contributed by atoms with Crippen LogP contribution in [0.25, 0.3) is 21.8 Å². The standard InChI is InChI=1S/C16H14N2O2/c1-2-3-10-6-8-17-14-11(10)4-5-12-13(16(19)20)7-9-18-15(12)14/h4-9H,2-3H2,1H3,(H,19,20). The van der Waals surface area contributed by atoms with Crippen molar-refractivity contribution in [1.29, 1.82) is 0 Å². The molecule has 4 nitrogen and oxygen atoms in total. The lowest BCUT2D eigenvalue weighted by Gasteiger charge is -2.08. The maximum atomic E-state index is 11.3. The van der Waals surface area contributed by atoms with Gasteiger partial charge in [0.1, 0.15) is 0 Å². The summed E-state index contributed by atoms with van der Waals surface area (Å²) in [5, 5.41) is 10.9. The molecular formula is C16H14N2O2. The molecule has 0 amide bonds. The Morgan fingerprint density at radius 3 is 2.40 bits per heavy atom. The van der Waals surface area contributed by atoms with Crippen molar-refractivity contribution in [2.24, 2.45) is 0 Å². The minimum atomic E-state index is -0.943. The third-order valence-electron chi connectivity index (χ3n) is 3.46. The van der Waals surface area contributed by atoms with Crippen LogP contribution in [0.4, 0.5) is 0 Å². The maximum Gasteiger partial charge on any atom is 0.336 e. The van der Waals surface area contributed by atoms with Crippen LogP contribution >= 0.6 is 0 Å². The fourth-order valence-electron chi connectivity index (χ4n) is 2.56. The van der Waals surface area contributed by atoms with Gasteiger partial charge >= 0.3 is 5.97 Å². The highest BCUT2D eigenvalue weighted by atomic mass is 16.4. The summed E-state index contributed by atoms with van der Waals surface area (Å²) in [7, 11) is 0. The first kappa shape index (κ1) is 12.5. The summed E-state index contributed by atoms with van der Waals surface area (Å²) in [4.78, 5) is 20.0. The van der Waals surface area contributed by atoms with Crippen LogP contribution in [0, 0.1) is 0 Å². The predicted molar refractivity (Wildman–Crippen MR) is 78.0 cm³/mol. The Kier molecular flexibility index (Phi) is 3.06. The number of benzene rings is 1. The Labute approximate surface area is 116 Å². The molecule has 20 heavy (non-hydrogen) atoms. The van der Waals surface area contributed by atoms with E-state index in [4.69, 9.17) is 0 Å².